The molecular weight excluding hydrogens is 300 g/mol. The van der Waals surface area contributed by atoms with E-state index in [0.717, 1.165) is 25.8 Å². The molecule has 1 nitrogen and oxygen atoms in total. The molecular formula is C14H18BrF2N. The molecule has 1 aliphatic rings. The Morgan fingerprint density at radius 1 is 1.28 bits per heavy atom. The maximum atomic E-state index is 13.9. The summed E-state index contributed by atoms with van der Waals surface area (Å²) in [5.41, 5.74) is 0.234. The van der Waals surface area contributed by atoms with Crippen LogP contribution in [-0.2, 0) is 6.42 Å². The van der Waals surface area contributed by atoms with Crippen molar-refractivity contribution < 1.29 is 8.78 Å². The summed E-state index contributed by atoms with van der Waals surface area (Å²) < 4.78 is 28.0. The molecule has 0 bridgehead atoms. The standard InChI is InChI=1S/C14H18BrF2N/c1-18-8-10-4-2-3-9(10)7-11-13(16)6-5-12(15)14(11)17/h5-6,9-10,18H,2-4,7-8H2,1H3. The maximum absolute atomic E-state index is 13.9. The van der Waals surface area contributed by atoms with Gasteiger partial charge in [-0.15, -0.1) is 0 Å². The van der Waals surface area contributed by atoms with Gasteiger partial charge in [0.2, 0.25) is 0 Å². The van der Waals surface area contributed by atoms with Crippen LogP contribution in [0.1, 0.15) is 24.8 Å². The maximum Gasteiger partial charge on any atom is 0.143 e. The number of rotatable bonds is 4. The summed E-state index contributed by atoms with van der Waals surface area (Å²) in [6.07, 6.45) is 3.89. The van der Waals surface area contributed by atoms with Gasteiger partial charge in [-0.3, -0.25) is 0 Å². The van der Waals surface area contributed by atoms with Gasteiger partial charge in [-0.25, -0.2) is 8.78 Å². The van der Waals surface area contributed by atoms with Crippen molar-refractivity contribution in [3.05, 3.63) is 33.8 Å². The van der Waals surface area contributed by atoms with E-state index in [0.29, 0.717) is 22.7 Å². The normalized spacial score (nSPS) is 23.6. The summed E-state index contributed by atoms with van der Waals surface area (Å²) in [7, 11) is 1.93. The number of benzene rings is 1. The minimum atomic E-state index is -0.440. The third-order valence-electron chi connectivity index (χ3n) is 3.89. The minimum Gasteiger partial charge on any atom is -0.319 e. The van der Waals surface area contributed by atoms with E-state index >= 15 is 0 Å². The summed E-state index contributed by atoms with van der Waals surface area (Å²) in [6, 6.07) is 2.76. The fourth-order valence-corrected chi connectivity index (χ4v) is 3.30. The molecule has 1 aliphatic carbocycles. The van der Waals surface area contributed by atoms with Crippen molar-refractivity contribution in [2.75, 3.05) is 13.6 Å². The monoisotopic (exact) mass is 317 g/mol. The average Bonchev–Trinajstić information content (AvgIpc) is 2.78. The van der Waals surface area contributed by atoms with Crippen molar-refractivity contribution in [1.29, 1.82) is 0 Å². The summed E-state index contributed by atoms with van der Waals surface area (Å²) in [5, 5.41) is 3.17. The molecule has 0 heterocycles. The van der Waals surface area contributed by atoms with E-state index in [1.807, 2.05) is 7.05 Å². The molecule has 0 amide bonds. The molecule has 18 heavy (non-hydrogen) atoms. The third-order valence-corrected chi connectivity index (χ3v) is 4.50. The lowest BCUT2D eigenvalue weighted by molar-refractivity contribution is 0.364. The molecule has 2 rings (SSSR count). The van der Waals surface area contributed by atoms with Crippen LogP contribution in [0.5, 0.6) is 0 Å². The Bertz CT molecular complexity index is 423. The number of hydrogen-bond donors (Lipinski definition) is 1. The zero-order valence-electron chi connectivity index (χ0n) is 10.5. The molecule has 1 N–H and O–H groups in total. The molecule has 0 aliphatic heterocycles. The Balaban J connectivity index is 2.16. The second-order valence-electron chi connectivity index (χ2n) is 5.03. The predicted molar refractivity (Wildman–Crippen MR) is 72.5 cm³/mol. The SMILES string of the molecule is CNCC1CCCC1Cc1c(F)ccc(Br)c1F. The van der Waals surface area contributed by atoms with Gasteiger partial charge in [-0.05, 0) is 72.8 Å². The van der Waals surface area contributed by atoms with Crippen molar-refractivity contribution >= 4 is 15.9 Å². The van der Waals surface area contributed by atoms with Crippen LogP contribution < -0.4 is 5.32 Å². The highest BCUT2D eigenvalue weighted by molar-refractivity contribution is 9.10. The van der Waals surface area contributed by atoms with Crippen LogP contribution in [0, 0.1) is 23.5 Å². The van der Waals surface area contributed by atoms with Gasteiger partial charge < -0.3 is 5.32 Å². The molecule has 0 aromatic heterocycles. The van der Waals surface area contributed by atoms with Gasteiger partial charge in [-0.2, -0.15) is 0 Å². The first-order valence-electron chi connectivity index (χ1n) is 6.40. The number of nitrogens with one attached hydrogen (secondary N) is 1. The molecule has 1 fully saturated rings. The van der Waals surface area contributed by atoms with E-state index in [9.17, 15) is 8.78 Å². The van der Waals surface area contributed by atoms with Crippen LogP contribution in [0.3, 0.4) is 0 Å². The first-order valence-corrected chi connectivity index (χ1v) is 7.19. The fraction of sp³-hybridized carbons (Fsp3) is 0.571. The molecule has 4 heteroatoms. The van der Waals surface area contributed by atoms with Crippen LogP contribution in [0.2, 0.25) is 0 Å². The van der Waals surface area contributed by atoms with Gasteiger partial charge in [0.25, 0.3) is 0 Å². The highest BCUT2D eigenvalue weighted by atomic mass is 79.9. The molecule has 1 aromatic carbocycles. The Kier molecular flexibility index (Phi) is 4.73. The van der Waals surface area contributed by atoms with Crippen LogP contribution in [0.4, 0.5) is 8.78 Å². The Morgan fingerprint density at radius 3 is 2.72 bits per heavy atom. The highest BCUT2D eigenvalue weighted by Gasteiger charge is 2.28. The van der Waals surface area contributed by atoms with Crippen LogP contribution in [0.15, 0.2) is 16.6 Å². The van der Waals surface area contributed by atoms with E-state index in [2.05, 4.69) is 21.2 Å². The summed E-state index contributed by atoms with van der Waals surface area (Å²) in [5.74, 6) is 0.0550. The summed E-state index contributed by atoms with van der Waals surface area (Å²) in [6.45, 7) is 0.932. The zero-order valence-corrected chi connectivity index (χ0v) is 12.1. The van der Waals surface area contributed by atoms with Gasteiger partial charge in [-0.1, -0.05) is 6.42 Å². The van der Waals surface area contributed by atoms with Gasteiger partial charge in [0.15, 0.2) is 0 Å². The predicted octanol–water partition coefficient (Wildman–Crippen LogP) is 3.91. The molecule has 0 saturated heterocycles. The van der Waals surface area contributed by atoms with E-state index in [1.54, 1.807) is 0 Å². The number of halogens is 3. The van der Waals surface area contributed by atoms with Crippen molar-refractivity contribution in [3.63, 3.8) is 0 Å². The van der Waals surface area contributed by atoms with Crippen molar-refractivity contribution in [2.24, 2.45) is 11.8 Å². The van der Waals surface area contributed by atoms with Crippen LogP contribution >= 0.6 is 15.9 Å². The molecule has 0 radical (unpaired) electrons. The lowest BCUT2D eigenvalue weighted by Gasteiger charge is -2.20. The second-order valence-corrected chi connectivity index (χ2v) is 5.89. The zero-order chi connectivity index (χ0) is 13.1. The molecule has 2 unspecified atom stereocenters. The Hall–Kier alpha value is -0.480. The van der Waals surface area contributed by atoms with Crippen LogP contribution in [0.25, 0.3) is 0 Å². The summed E-state index contributed by atoms with van der Waals surface area (Å²) in [4.78, 5) is 0. The quantitative estimate of drug-likeness (QED) is 0.830. The van der Waals surface area contributed by atoms with Crippen molar-refractivity contribution in [3.8, 4) is 0 Å². The van der Waals surface area contributed by atoms with E-state index < -0.39 is 11.6 Å². The van der Waals surface area contributed by atoms with Crippen molar-refractivity contribution in [2.45, 2.75) is 25.7 Å². The molecule has 100 valence electrons. The van der Waals surface area contributed by atoms with Gasteiger partial charge in [0, 0.05) is 5.56 Å². The number of hydrogen-bond acceptors (Lipinski definition) is 1. The lowest BCUT2D eigenvalue weighted by atomic mass is 9.89. The largest absolute Gasteiger partial charge is 0.319 e. The van der Waals surface area contributed by atoms with E-state index in [4.69, 9.17) is 0 Å². The molecule has 1 aromatic rings. The van der Waals surface area contributed by atoms with E-state index in [1.165, 1.54) is 12.1 Å². The first kappa shape index (κ1) is 13.9. The Labute approximate surface area is 115 Å². The first-order chi connectivity index (χ1) is 8.63. The molecule has 0 spiro atoms. The third kappa shape index (κ3) is 2.91. The van der Waals surface area contributed by atoms with Crippen molar-refractivity contribution in [1.82, 2.24) is 5.32 Å². The minimum absolute atomic E-state index is 0.234. The smallest absolute Gasteiger partial charge is 0.143 e. The van der Waals surface area contributed by atoms with Gasteiger partial charge in [0.1, 0.15) is 11.6 Å². The van der Waals surface area contributed by atoms with Crippen LogP contribution in [-0.4, -0.2) is 13.6 Å². The topological polar surface area (TPSA) is 12.0 Å². The Morgan fingerprint density at radius 2 is 2.00 bits per heavy atom. The lowest BCUT2D eigenvalue weighted by Crippen LogP contribution is -2.23. The average molecular weight is 318 g/mol. The summed E-state index contributed by atoms with van der Waals surface area (Å²) >= 11 is 3.12. The van der Waals surface area contributed by atoms with E-state index in [-0.39, 0.29) is 5.56 Å². The second kappa shape index (κ2) is 6.11. The molecule has 2 atom stereocenters. The van der Waals surface area contributed by atoms with Gasteiger partial charge in [0.05, 0.1) is 4.47 Å². The molecule has 1 saturated carbocycles. The van der Waals surface area contributed by atoms with Gasteiger partial charge >= 0.3 is 0 Å². The highest BCUT2D eigenvalue weighted by Crippen LogP contribution is 2.35. The fourth-order valence-electron chi connectivity index (χ4n) is 2.93.